The number of aromatic nitrogens is 1. The highest BCUT2D eigenvalue weighted by Gasteiger charge is 2.04. The first kappa shape index (κ1) is 9.72. The minimum Gasteiger partial charge on any atom is -0.249 e. The molecule has 0 unspecified atom stereocenters. The van der Waals surface area contributed by atoms with Crippen LogP contribution in [0.4, 0.5) is 0 Å². The summed E-state index contributed by atoms with van der Waals surface area (Å²) >= 11 is 1.87. The Labute approximate surface area is 78.8 Å². The van der Waals surface area contributed by atoms with Crippen molar-refractivity contribution in [2.45, 2.75) is 46.0 Å². The molecule has 0 bridgehead atoms. The van der Waals surface area contributed by atoms with Crippen molar-refractivity contribution in [1.82, 2.24) is 4.98 Å². The number of hydrogen-bond acceptors (Lipinski definition) is 2. The Bertz CT molecular complexity index is 227. The Morgan fingerprint density at radius 1 is 1.50 bits per heavy atom. The molecule has 1 rings (SSSR count). The van der Waals surface area contributed by atoms with Crippen LogP contribution in [0.1, 0.15) is 49.4 Å². The van der Waals surface area contributed by atoms with Crippen molar-refractivity contribution in [2.24, 2.45) is 0 Å². The Morgan fingerprint density at radius 2 is 2.25 bits per heavy atom. The van der Waals surface area contributed by atoms with Crippen LogP contribution in [0.15, 0.2) is 6.20 Å². The van der Waals surface area contributed by atoms with Gasteiger partial charge >= 0.3 is 0 Å². The maximum absolute atomic E-state index is 4.39. The molecule has 1 aromatic heterocycles. The second kappa shape index (κ2) is 4.61. The molecule has 0 amide bonds. The SMILES string of the molecule is CCCCc1ncc(C(C)C)s1. The second-order valence-electron chi connectivity index (χ2n) is 3.41. The summed E-state index contributed by atoms with van der Waals surface area (Å²) in [5.41, 5.74) is 0. The molecular weight excluding hydrogens is 166 g/mol. The predicted octanol–water partition coefficient (Wildman–Crippen LogP) is 3.61. The van der Waals surface area contributed by atoms with E-state index in [2.05, 4.69) is 25.8 Å². The van der Waals surface area contributed by atoms with Crippen molar-refractivity contribution < 1.29 is 0 Å². The zero-order valence-electron chi connectivity index (χ0n) is 8.13. The molecule has 0 aliphatic carbocycles. The third kappa shape index (κ3) is 2.59. The molecule has 68 valence electrons. The fourth-order valence-corrected chi connectivity index (χ4v) is 2.00. The maximum atomic E-state index is 4.39. The topological polar surface area (TPSA) is 12.9 Å². The summed E-state index contributed by atoms with van der Waals surface area (Å²) < 4.78 is 0. The van der Waals surface area contributed by atoms with Gasteiger partial charge in [-0.15, -0.1) is 11.3 Å². The first-order valence-corrected chi connectivity index (χ1v) is 5.50. The van der Waals surface area contributed by atoms with Crippen LogP contribution in [0.3, 0.4) is 0 Å². The van der Waals surface area contributed by atoms with E-state index in [1.165, 1.54) is 22.7 Å². The highest BCUT2D eigenvalue weighted by molar-refractivity contribution is 7.11. The van der Waals surface area contributed by atoms with E-state index < -0.39 is 0 Å². The third-order valence-corrected chi connectivity index (χ3v) is 3.24. The van der Waals surface area contributed by atoms with Gasteiger partial charge in [0, 0.05) is 11.1 Å². The monoisotopic (exact) mass is 183 g/mol. The van der Waals surface area contributed by atoms with Crippen LogP contribution in [-0.4, -0.2) is 4.98 Å². The third-order valence-electron chi connectivity index (χ3n) is 1.88. The first-order valence-electron chi connectivity index (χ1n) is 4.68. The average Bonchev–Trinajstić information content (AvgIpc) is 2.48. The normalized spacial score (nSPS) is 11.0. The van der Waals surface area contributed by atoms with E-state index in [1.807, 2.05) is 17.5 Å². The lowest BCUT2D eigenvalue weighted by molar-refractivity contribution is 0.789. The van der Waals surface area contributed by atoms with E-state index in [0.29, 0.717) is 5.92 Å². The van der Waals surface area contributed by atoms with Crippen LogP contribution < -0.4 is 0 Å². The highest BCUT2D eigenvalue weighted by Crippen LogP contribution is 2.22. The summed E-state index contributed by atoms with van der Waals surface area (Å²) in [6, 6.07) is 0. The largest absolute Gasteiger partial charge is 0.249 e. The van der Waals surface area contributed by atoms with Gasteiger partial charge in [0.15, 0.2) is 0 Å². The van der Waals surface area contributed by atoms with Gasteiger partial charge in [-0.2, -0.15) is 0 Å². The number of unbranched alkanes of at least 4 members (excludes halogenated alkanes) is 1. The smallest absolute Gasteiger partial charge is 0.0927 e. The van der Waals surface area contributed by atoms with Crippen LogP contribution >= 0.6 is 11.3 Å². The fourth-order valence-electron chi connectivity index (χ4n) is 1.03. The molecule has 1 nitrogen and oxygen atoms in total. The summed E-state index contributed by atoms with van der Waals surface area (Å²) in [7, 11) is 0. The predicted molar refractivity (Wildman–Crippen MR) is 54.8 cm³/mol. The van der Waals surface area contributed by atoms with Crippen molar-refractivity contribution >= 4 is 11.3 Å². The summed E-state index contributed by atoms with van der Waals surface area (Å²) in [6.45, 7) is 6.66. The second-order valence-corrected chi connectivity index (χ2v) is 4.56. The first-order chi connectivity index (χ1) is 5.74. The van der Waals surface area contributed by atoms with Gasteiger partial charge in [0.25, 0.3) is 0 Å². The van der Waals surface area contributed by atoms with Crippen molar-refractivity contribution in [1.29, 1.82) is 0 Å². The van der Waals surface area contributed by atoms with Crippen LogP contribution in [0, 0.1) is 0 Å². The molecule has 0 aromatic carbocycles. The summed E-state index contributed by atoms with van der Waals surface area (Å²) in [5, 5.41) is 1.31. The van der Waals surface area contributed by atoms with Crippen molar-refractivity contribution in [3.05, 3.63) is 16.1 Å². The van der Waals surface area contributed by atoms with Crippen molar-refractivity contribution in [3.8, 4) is 0 Å². The summed E-state index contributed by atoms with van der Waals surface area (Å²) in [4.78, 5) is 5.81. The van der Waals surface area contributed by atoms with Crippen molar-refractivity contribution in [3.63, 3.8) is 0 Å². The fraction of sp³-hybridized carbons (Fsp3) is 0.700. The summed E-state index contributed by atoms with van der Waals surface area (Å²) in [5.74, 6) is 0.637. The number of rotatable bonds is 4. The Morgan fingerprint density at radius 3 is 2.75 bits per heavy atom. The van der Waals surface area contributed by atoms with Crippen LogP contribution in [0.25, 0.3) is 0 Å². The van der Waals surface area contributed by atoms with E-state index in [0.717, 1.165) is 6.42 Å². The van der Waals surface area contributed by atoms with Gasteiger partial charge in [0.1, 0.15) is 0 Å². The van der Waals surface area contributed by atoms with E-state index in [4.69, 9.17) is 0 Å². The molecule has 0 aliphatic rings. The minimum absolute atomic E-state index is 0.637. The van der Waals surface area contributed by atoms with Gasteiger partial charge in [-0.05, 0) is 18.8 Å². The molecule has 0 atom stereocenters. The van der Waals surface area contributed by atoms with Crippen LogP contribution in [-0.2, 0) is 6.42 Å². The number of nitrogens with zero attached hydrogens (tertiary/aromatic N) is 1. The Hall–Kier alpha value is -0.370. The van der Waals surface area contributed by atoms with Gasteiger partial charge in [0.05, 0.1) is 5.01 Å². The van der Waals surface area contributed by atoms with E-state index in [-0.39, 0.29) is 0 Å². The standard InChI is InChI=1S/C10H17NS/c1-4-5-6-10-11-7-9(12-10)8(2)3/h7-8H,4-6H2,1-3H3. The lowest BCUT2D eigenvalue weighted by Crippen LogP contribution is -1.80. The quantitative estimate of drug-likeness (QED) is 0.695. The highest BCUT2D eigenvalue weighted by atomic mass is 32.1. The zero-order chi connectivity index (χ0) is 8.97. The lowest BCUT2D eigenvalue weighted by atomic mass is 10.2. The minimum atomic E-state index is 0.637. The maximum Gasteiger partial charge on any atom is 0.0927 e. The molecule has 0 saturated heterocycles. The molecule has 2 heteroatoms. The van der Waals surface area contributed by atoms with Crippen molar-refractivity contribution in [2.75, 3.05) is 0 Å². The van der Waals surface area contributed by atoms with Gasteiger partial charge in [-0.1, -0.05) is 27.2 Å². The molecule has 12 heavy (non-hydrogen) atoms. The number of hydrogen-bond donors (Lipinski definition) is 0. The molecule has 0 saturated carbocycles. The Kier molecular flexibility index (Phi) is 3.73. The molecule has 1 aromatic rings. The van der Waals surface area contributed by atoms with Gasteiger partial charge in [0.2, 0.25) is 0 Å². The molecule has 1 heterocycles. The Balaban J connectivity index is 2.52. The van der Waals surface area contributed by atoms with E-state index in [1.54, 1.807) is 0 Å². The van der Waals surface area contributed by atoms with Gasteiger partial charge in [-0.25, -0.2) is 4.98 Å². The van der Waals surface area contributed by atoms with Crippen LogP contribution in [0.5, 0.6) is 0 Å². The molecule has 0 fully saturated rings. The van der Waals surface area contributed by atoms with Gasteiger partial charge < -0.3 is 0 Å². The van der Waals surface area contributed by atoms with Crippen LogP contribution in [0.2, 0.25) is 0 Å². The summed E-state index contributed by atoms with van der Waals surface area (Å²) in [6.07, 6.45) is 5.72. The van der Waals surface area contributed by atoms with E-state index in [9.17, 15) is 0 Å². The zero-order valence-corrected chi connectivity index (χ0v) is 8.95. The number of aryl methyl sites for hydroxylation is 1. The molecule has 0 N–H and O–H groups in total. The molecule has 0 radical (unpaired) electrons. The van der Waals surface area contributed by atoms with E-state index >= 15 is 0 Å². The van der Waals surface area contributed by atoms with Gasteiger partial charge in [-0.3, -0.25) is 0 Å². The molecular formula is C10H17NS. The lowest BCUT2D eigenvalue weighted by Gasteiger charge is -1.96. The molecule has 0 spiro atoms. The number of thiazole rings is 1. The molecule has 0 aliphatic heterocycles. The average molecular weight is 183 g/mol.